The molecule has 0 saturated heterocycles. The number of hydrogen-bond donors (Lipinski definition) is 3. The van der Waals surface area contributed by atoms with Crippen LogP contribution in [0, 0.1) is 0 Å². The van der Waals surface area contributed by atoms with Crippen molar-refractivity contribution < 1.29 is 28.7 Å². The van der Waals surface area contributed by atoms with E-state index in [4.69, 9.17) is 15.2 Å². The quantitative estimate of drug-likeness (QED) is 0.176. The first kappa shape index (κ1) is 31.9. The SMILES string of the molecule is CCCCOC(=O)CNC(=O)[C@H](CSCc1ccc(Br)cc1)NC(=O)CC[C@H](N)C(=O)OCCCC. The highest BCUT2D eigenvalue weighted by Crippen LogP contribution is 2.17. The van der Waals surface area contributed by atoms with Gasteiger partial charge in [0.1, 0.15) is 18.6 Å². The maximum Gasteiger partial charge on any atom is 0.325 e. The minimum Gasteiger partial charge on any atom is -0.465 e. The van der Waals surface area contributed by atoms with Gasteiger partial charge < -0.3 is 25.8 Å². The van der Waals surface area contributed by atoms with Crippen molar-refractivity contribution >= 4 is 51.4 Å². The molecule has 9 nitrogen and oxygen atoms in total. The molecule has 0 aromatic heterocycles. The van der Waals surface area contributed by atoms with Gasteiger partial charge in [-0.1, -0.05) is 54.8 Å². The molecule has 0 aliphatic rings. The summed E-state index contributed by atoms with van der Waals surface area (Å²) in [7, 11) is 0. The number of nitrogens with two attached hydrogens (primary N) is 1. The van der Waals surface area contributed by atoms with E-state index in [0.717, 1.165) is 35.7 Å². The summed E-state index contributed by atoms with van der Waals surface area (Å²) < 4.78 is 11.1. The molecule has 0 heterocycles. The van der Waals surface area contributed by atoms with Crippen molar-refractivity contribution in [3.05, 3.63) is 34.3 Å². The number of carbonyl (C=O) groups is 4. The average Bonchev–Trinajstić information content (AvgIpc) is 2.86. The Labute approximate surface area is 226 Å². The summed E-state index contributed by atoms with van der Waals surface area (Å²) in [4.78, 5) is 49.0. The smallest absolute Gasteiger partial charge is 0.325 e. The first-order chi connectivity index (χ1) is 17.3. The van der Waals surface area contributed by atoms with Gasteiger partial charge in [-0.15, -0.1) is 0 Å². The van der Waals surface area contributed by atoms with Crippen molar-refractivity contribution in [2.24, 2.45) is 5.73 Å². The van der Waals surface area contributed by atoms with Gasteiger partial charge in [0.15, 0.2) is 0 Å². The minimum absolute atomic E-state index is 0.0374. The van der Waals surface area contributed by atoms with Crippen LogP contribution in [0.2, 0.25) is 0 Å². The number of halogens is 1. The van der Waals surface area contributed by atoms with Crippen LogP contribution >= 0.6 is 27.7 Å². The van der Waals surface area contributed by atoms with Crippen LogP contribution < -0.4 is 16.4 Å². The normalized spacial score (nSPS) is 12.3. The van der Waals surface area contributed by atoms with Gasteiger partial charge >= 0.3 is 11.9 Å². The maximum atomic E-state index is 12.7. The molecule has 2 amide bonds. The van der Waals surface area contributed by atoms with Crippen LogP contribution in [0.15, 0.2) is 28.7 Å². The molecule has 11 heteroatoms. The van der Waals surface area contributed by atoms with E-state index < -0.39 is 35.8 Å². The van der Waals surface area contributed by atoms with E-state index >= 15 is 0 Å². The second-order valence-electron chi connectivity index (χ2n) is 8.22. The lowest BCUT2D eigenvalue weighted by Gasteiger charge is -2.19. The highest BCUT2D eigenvalue weighted by molar-refractivity contribution is 9.10. The number of benzene rings is 1. The first-order valence-corrected chi connectivity index (χ1v) is 14.2. The maximum absolute atomic E-state index is 12.7. The highest BCUT2D eigenvalue weighted by atomic mass is 79.9. The largest absolute Gasteiger partial charge is 0.465 e. The topological polar surface area (TPSA) is 137 Å². The number of unbranched alkanes of at least 4 members (excludes halogenated alkanes) is 2. The summed E-state index contributed by atoms with van der Waals surface area (Å²) in [6.45, 7) is 4.29. The van der Waals surface area contributed by atoms with Crippen LogP contribution in [0.4, 0.5) is 0 Å². The Hall–Kier alpha value is -2.11. The summed E-state index contributed by atoms with van der Waals surface area (Å²) in [5, 5.41) is 5.23. The molecule has 0 radical (unpaired) electrons. The lowest BCUT2D eigenvalue weighted by molar-refractivity contribution is -0.145. The van der Waals surface area contributed by atoms with E-state index in [2.05, 4.69) is 26.6 Å². The second-order valence-corrected chi connectivity index (χ2v) is 10.2. The molecule has 0 saturated carbocycles. The van der Waals surface area contributed by atoms with Gasteiger partial charge in [-0.2, -0.15) is 11.8 Å². The number of amides is 2. The Morgan fingerprint density at radius 2 is 1.67 bits per heavy atom. The van der Waals surface area contributed by atoms with Gasteiger partial charge in [0, 0.05) is 22.4 Å². The third-order valence-corrected chi connectivity index (χ3v) is 6.65. The number of nitrogens with one attached hydrogen (secondary N) is 2. The lowest BCUT2D eigenvalue weighted by Crippen LogP contribution is -2.49. The molecule has 2 atom stereocenters. The fourth-order valence-corrected chi connectivity index (χ4v) is 4.10. The molecule has 1 rings (SSSR count). The summed E-state index contributed by atoms with van der Waals surface area (Å²) in [6, 6.07) is 6.03. The molecule has 1 aromatic rings. The predicted octanol–water partition coefficient (Wildman–Crippen LogP) is 3.08. The summed E-state index contributed by atoms with van der Waals surface area (Å²) in [6.07, 6.45) is 3.35. The molecule has 0 spiro atoms. The molecule has 0 aliphatic carbocycles. The molecule has 0 fully saturated rings. The van der Waals surface area contributed by atoms with Crippen molar-refractivity contribution in [2.75, 3.05) is 25.5 Å². The second kappa shape index (κ2) is 19.1. The monoisotopic (exact) mass is 587 g/mol. The van der Waals surface area contributed by atoms with E-state index in [1.165, 1.54) is 11.8 Å². The highest BCUT2D eigenvalue weighted by Gasteiger charge is 2.23. The van der Waals surface area contributed by atoms with Crippen molar-refractivity contribution in [3.63, 3.8) is 0 Å². The third kappa shape index (κ3) is 14.4. The fourth-order valence-electron chi connectivity index (χ4n) is 2.82. The molecule has 0 aliphatic heterocycles. The van der Waals surface area contributed by atoms with Crippen LogP contribution in [-0.4, -0.2) is 61.3 Å². The van der Waals surface area contributed by atoms with Crippen molar-refractivity contribution in [3.8, 4) is 0 Å². The molecule has 0 unspecified atom stereocenters. The number of thioether (sulfide) groups is 1. The average molecular weight is 589 g/mol. The Bertz CT molecular complexity index is 825. The van der Waals surface area contributed by atoms with Gasteiger partial charge in [0.25, 0.3) is 0 Å². The summed E-state index contributed by atoms with van der Waals surface area (Å²) >= 11 is 4.87. The van der Waals surface area contributed by atoms with Crippen LogP contribution in [0.1, 0.15) is 57.9 Å². The fraction of sp³-hybridized carbons (Fsp3) is 0.600. The van der Waals surface area contributed by atoms with Crippen LogP contribution in [-0.2, 0) is 34.4 Å². The van der Waals surface area contributed by atoms with Gasteiger partial charge in [-0.3, -0.25) is 19.2 Å². The molecule has 202 valence electrons. The molecule has 4 N–H and O–H groups in total. The van der Waals surface area contributed by atoms with E-state index in [-0.39, 0.29) is 19.4 Å². The number of carbonyl (C=O) groups excluding carboxylic acids is 4. The zero-order chi connectivity index (χ0) is 26.8. The van der Waals surface area contributed by atoms with Gasteiger partial charge in [0.05, 0.1) is 13.2 Å². The third-order valence-electron chi connectivity index (χ3n) is 5.01. The first-order valence-electron chi connectivity index (χ1n) is 12.2. The Balaban J connectivity index is 2.61. The number of rotatable bonds is 18. The summed E-state index contributed by atoms with van der Waals surface area (Å²) in [5.41, 5.74) is 6.90. The van der Waals surface area contributed by atoms with Gasteiger partial charge in [0.2, 0.25) is 11.8 Å². The molecular weight excluding hydrogens is 550 g/mol. The Morgan fingerprint density at radius 1 is 1.03 bits per heavy atom. The zero-order valence-electron chi connectivity index (χ0n) is 21.1. The molecular formula is C25H38BrN3O6S. The van der Waals surface area contributed by atoms with E-state index in [1.54, 1.807) is 0 Å². The lowest BCUT2D eigenvalue weighted by atomic mass is 10.1. The number of ether oxygens (including phenoxy) is 2. The number of esters is 2. The van der Waals surface area contributed by atoms with Gasteiger partial charge in [-0.05, 0) is 37.0 Å². The van der Waals surface area contributed by atoms with Crippen molar-refractivity contribution in [1.29, 1.82) is 0 Å². The Kier molecular flexibility index (Phi) is 16.9. The minimum atomic E-state index is -0.912. The number of hydrogen-bond acceptors (Lipinski definition) is 8. The van der Waals surface area contributed by atoms with E-state index in [1.807, 2.05) is 38.1 Å². The summed E-state index contributed by atoms with van der Waals surface area (Å²) in [5.74, 6) is -1.04. The Morgan fingerprint density at radius 3 is 2.31 bits per heavy atom. The van der Waals surface area contributed by atoms with Crippen molar-refractivity contribution in [2.45, 2.75) is 70.2 Å². The van der Waals surface area contributed by atoms with Crippen LogP contribution in [0.25, 0.3) is 0 Å². The van der Waals surface area contributed by atoms with Crippen LogP contribution in [0.3, 0.4) is 0 Å². The molecule has 36 heavy (non-hydrogen) atoms. The molecule has 0 bridgehead atoms. The molecule has 1 aromatic carbocycles. The van der Waals surface area contributed by atoms with E-state index in [0.29, 0.717) is 24.7 Å². The van der Waals surface area contributed by atoms with Crippen molar-refractivity contribution in [1.82, 2.24) is 10.6 Å². The van der Waals surface area contributed by atoms with Gasteiger partial charge in [-0.25, -0.2) is 0 Å². The zero-order valence-corrected chi connectivity index (χ0v) is 23.5. The standard InChI is InChI=1S/C25H38BrN3O6S/c1-3-5-13-34-23(31)15-28-24(32)21(17-36-16-18-7-9-19(26)10-8-18)29-22(30)12-11-20(27)25(33)35-14-6-4-2/h7-10,20-21H,3-6,11-17,27H2,1-2H3,(H,28,32)(H,29,30)/t20-,21-/m0/s1. The predicted molar refractivity (Wildman–Crippen MR) is 144 cm³/mol. The van der Waals surface area contributed by atoms with E-state index in [9.17, 15) is 19.2 Å². The van der Waals surface area contributed by atoms with Crippen LogP contribution in [0.5, 0.6) is 0 Å².